The molecule has 0 saturated carbocycles. The molecule has 40 valence electrons. The minimum Gasteiger partial charge on any atom is -0.512 e. The maximum absolute atomic E-state index is 8.40. The predicted molar refractivity (Wildman–Crippen MR) is 29.0 cm³/mol. The van der Waals surface area contributed by atoms with E-state index >= 15 is 0 Å². The second kappa shape index (κ2) is 5.09. The fourth-order valence-corrected chi connectivity index (χ4v) is 0.302. The molecule has 0 unspecified atom stereocenters. The first-order valence-electron chi connectivity index (χ1n) is 2.02. The zero-order chi connectivity index (χ0) is 5.86. The van der Waals surface area contributed by atoms with Crippen LogP contribution >= 0.6 is 0 Å². The van der Waals surface area contributed by atoms with Gasteiger partial charge in [0.05, 0.1) is 18.8 Å². The summed E-state index contributed by atoms with van der Waals surface area (Å²) in [5.74, 6) is 0.250. The van der Waals surface area contributed by atoms with Crippen molar-refractivity contribution in [1.29, 1.82) is 0 Å². The van der Waals surface area contributed by atoms with E-state index < -0.39 is 0 Å². The van der Waals surface area contributed by atoms with Crippen molar-refractivity contribution in [2.24, 2.45) is 0 Å². The van der Waals surface area contributed by atoms with E-state index in [1.165, 1.54) is 19.9 Å². The first kappa shape index (κ1) is 10.8. The van der Waals surface area contributed by atoms with Crippen molar-refractivity contribution in [3.63, 3.8) is 0 Å². The molecule has 0 saturated heterocycles. The second-order valence-electron chi connectivity index (χ2n) is 1.43. The number of rotatable bonds is 1. The van der Waals surface area contributed by atoms with Gasteiger partial charge in [-0.3, -0.25) is 4.79 Å². The molecule has 2 nitrogen and oxygen atoms in total. The van der Waals surface area contributed by atoms with Gasteiger partial charge in [-0.15, -0.1) is 0 Å². The largest absolute Gasteiger partial charge is 5.00 e. The van der Waals surface area contributed by atoms with Gasteiger partial charge >= 0.3 is 28.2 Å². The fourth-order valence-electron chi connectivity index (χ4n) is 0.302. The molecule has 0 aliphatic heterocycles. The van der Waals surface area contributed by atoms with Crippen LogP contribution in [-0.2, 0) is 22.4 Å². The Hall–Kier alpha value is -0.0497. The Kier molecular flexibility index (Phi) is 6.91. The molecule has 3 heteroatoms. The van der Waals surface area contributed by atoms with Gasteiger partial charge in [-0.05, 0) is 6.92 Å². The first-order valence-corrected chi connectivity index (χ1v) is 2.02. The number of hydrogen-bond donors (Lipinski definition) is 1. The molecule has 0 rings (SSSR count). The zero-order valence-electron chi connectivity index (χ0n) is 4.92. The number of carbonyl (C=O) groups excluding carboxylic acids is 1. The molecule has 0 aromatic rings. The molecule has 0 aliphatic rings. The summed E-state index contributed by atoms with van der Waals surface area (Å²) in [4.78, 5) is 8.40. The van der Waals surface area contributed by atoms with E-state index in [-0.39, 0.29) is 33.9 Å². The molecule has 0 spiro atoms. The van der Waals surface area contributed by atoms with Crippen molar-refractivity contribution in [2.75, 3.05) is 0 Å². The van der Waals surface area contributed by atoms with Crippen LogP contribution in [0.15, 0.2) is 11.8 Å². The third-order valence-electron chi connectivity index (χ3n) is 0.418. The Balaban J connectivity index is 0. The van der Waals surface area contributed by atoms with Crippen molar-refractivity contribution in [1.82, 2.24) is 0 Å². The van der Waals surface area contributed by atoms with Gasteiger partial charge in [0.15, 0.2) is 0 Å². The second-order valence-corrected chi connectivity index (χ2v) is 1.43. The summed E-state index contributed by atoms with van der Waals surface area (Å²) < 4.78 is 0. The summed E-state index contributed by atoms with van der Waals surface area (Å²) in [6.45, 7) is 3.00. The average molecular weight is 282 g/mol. The van der Waals surface area contributed by atoms with Gasteiger partial charge in [-0.2, -0.15) is 0 Å². The molecule has 2 N–H and O–H groups in total. The summed E-state index contributed by atoms with van der Waals surface area (Å²) in [7, 11) is 0. The van der Waals surface area contributed by atoms with Gasteiger partial charge in [0.1, 0.15) is 0 Å². The van der Waals surface area contributed by atoms with E-state index in [1.54, 1.807) is 0 Å². The molecule has 0 aliphatic carbocycles. The van der Waals surface area contributed by atoms with E-state index in [0.717, 1.165) is 0 Å². The van der Waals surface area contributed by atoms with E-state index in [9.17, 15) is 0 Å². The van der Waals surface area contributed by atoms with Crippen LogP contribution in [0.1, 0.15) is 13.8 Å². The van der Waals surface area contributed by atoms with Crippen molar-refractivity contribution < 1.29 is 32.3 Å². The molecule has 0 radical (unpaired) electrons. The number of aliphatic hydroxyl groups excluding tert-OH is 1. The van der Waals surface area contributed by atoms with Crippen molar-refractivity contribution in [2.45, 2.75) is 13.8 Å². The molecule has 0 fully saturated rings. The standard InChI is InChI=1S/C5H8O2.Ta/c1-4(6)3-5(2)7;/h3,6H,1-2H3;/q;+5/p+1/b4-3-;. The van der Waals surface area contributed by atoms with Gasteiger partial charge in [0.2, 0.25) is 0 Å². The molecule has 0 aromatic heterocycles. The monoisotopic (exact) mass is 282 g/mol. The Bertz CT molecular complexity index is 103. The molecular weight excluding hydrogens is 273 g/mol. The Morgan fingerprint density at radius 1 is 1.50 bits per heavy atom. The topological polar surface area (TPSA) is 41.6 Å². The smallest absolute Gasteiger partial charge is 0.512 e. The third-order valence-corrected chi connectivity index (χ3v) is 0.418. The summed E-state index contributed by atoms with van der Waals surface area (Å²) >= 11 is 0. The van der Waals surface area contributed by atoms with Crippen LogP contribution in [0.3, 0.4) is 0 Å². The van der Waals surface area contributed by atoms with E-state index in [4.69, 9.17) is 9.90 Å². The van der Waals surface area contributed by atoms with Crippen LogP contribution in [0.4, 0.5) is 0 Å². The van der Waals surface area contributed by atoms with Crippen molar-refractivity contribution in [3.05, 3.63) is 11.8 Å². The molecule has 8 heavy (non-hydrogen) atoms. The number of ketones is 1. The number of aliphatic hydroxyl groups is 1. The van der Waals surface area contributed by atoms with Crippen LogP contribution in [-0.4, -0.2) is 15.7 Å². The Morgan fingerprint density at radius 2 is 1.88 bits per heavy atom. The Morgan fingerprint density at radius 3 is 1.88 bits per heavy atom. The molecular formula is C5H9O2Ta+6. The minimum absolute atomic E-state index is 0. The normalized spacial score (nSPS) is 10.0. The summed E-state index contributed by atoms with van der Waals surface area (Å²) in [6, 6.07) is 0. The van der Waals surface area contributed by atoms with Gasteiger partial charge in [-0.25, -0.2) is 0 Å². The van der Waals surface area contributed by atoms with Crippen LogP contribution in [0.2, 0.25) is 0 Å². The molecule has 0 heterocycles. The van der Waals surface area contributed by atoms with Crippen molar-refractivity contribution in [3.8, 4) is 0 Å². The molecule has 0 aromatic carbocycles. The van der Waals surface area contributed by atoms with Gasteiger partial charge in [-0.1, -0.05) is 0 Å². The van der Waals surface area contributed by atoms with Gasteiger partial charge in [0, 0.05) is 0 Å². The third kappa shape index (κ3) is 9.34. The maximum atomic E-state index is 8.40. The quantitative estimate of drug-likeness (QED) is 0.435. The summed E-state index contributed by atoms with van der Waals surface area (Å²) in [6.07, 6.45) is 1.28. The van der Waals surface area contributed by atoms with Crippen molar-refractivity contribution >= 4 is 5.78 Å². The van der Waals surface area contributed by atoms with E-state index in [1.807, 2.05) is 0 Å². The summed E-state index contributed by atoms with van der Waals surface area (Å²) in [5, 5.41) is 8.40. The van der Waals surface area contributed by atoms with Gasteiger partial charge < -0.3 is 5.11 Å². The van der Waals surface area contributed by atoms with E-state index in [2.05, 4.69) is 0 Å². The predicted octanol–water partition coefficient (Wildman–Crippen LogP) is 1.01. The van der Waals surface area contributed by atoms with Crippen LogP contribution in [0.5, 0.6) is 0 Å². The Labute approximate surface area is 64.1 Å². The number of allylic oxidation sites excluding steroid dienone is 2. The maximum Gasteiger partial charge on any atom is 5.00 e. The minimum atomic E-state index is 0. The van der Waals surface area contributed by atoms with Gasteiger partial charge in [0.25, 0.3) is 0 Å². The van der Waals surface area contributed by atoms with Crippen LogP contribution < -0.4 is 0 Å². The molecule has 0 bridgehead atoms. The average Bonchev–Trinajstić information content (AvgIpc) is 1.27. The SMILES string of the molecule is CC(=[OH+])/C=C(/C)O.[Ta+5]. The fraction of sp³-hybridized carbons (Fsp3) is 0.400. The number of hydrogen-bond acceptors (Lipinski definition) is 1. The molecule has 0 amide bonds. The molecule has 0 atom stereocenters. The van der Waals surface area contributed by atoms with Crippen LogP contribution in [0, 0.1) is 0 Å². The van der Waals surface area contributed by atoms with Crippen LogP contribution in [0.25, 0.3) is 0 Å². The summed E-state index contributed by atoms with van der Waals surface area (Å²) in [5.41, 5.74) is 0. The first-order chi connectivity index (χ1) is 3.13. The zero-order valence-corrected chi connectivity index (χ0v) is 8.13. The van der Waals surface area contributed by atoms with E-state index in [0.29, 0.717) is 0 Å².